The summed E-state index contributed by atoms with van der Waals surface area (Å²) in [7, 11) is 2.01. The van der Waals surface area contributed by atoms with Crippen molar-refractivity contribution in [2.75, 3.05) is 7.05 Å². The minimum absolute atomic E-state index is 0.628. The first-order valence-corrected chi connectivity index (χ1v) is 4.33. The van der Waals surface area contributed by atoms with Crippen molar-refractivity contribution in [2.45, 2.75) is 39.2 Å². The summed E-state index contributed by atoms with van der Waals surface area (Å²) in [5.74, 6) is 3.36. The lowest BCUT2D eigenvalue weighted by Gasteiger charge is -2.19. The number of hydrogen-bond donors (Lipinski definition) is 1. The highest BCUT2D eigenvalue weighted by molar-refractivity contribution is 4.84. The lowest BCUT2D eigenvalue weighted by atomic mass is 9.99. The van der Waals surface area contributed by atoms with Gasteiger partial charge in [0, 0.05) is 12.5 Å². The van der Waals surface area contributed by atoms with Crippen molar-refractivity contribution in [3.8, 4) is 12.3 Å². The molecule has 0 aromatic heterocycles. The second-order valence-electron chi connectivity index (χ2n) is 3.24. The normalized spacial score (nSPS) is 13.0. The quantitative estimate of drug-likeness (QED) is 0.471. The van der Waals surface area contributed by atoms with Crippen LogP contribution in [0.3, 0.4) is 0 Å². The molecule has 1 nitrogen and oxygen atoms in total. The van der Waals surface area contributed by atoms with Crippen LogP contribution in [0.2, 0.25) is 0 Å². The molecule has 0 aromatic rings. The highest BCUT2D eigenvalue weighted by atomic mass is 14.9. The molecule has 0 saturated heterocycles. The van der Waals surface area contributed by atoms with Crippen molar-refractivity contribution in [1.29, 1.82) is 0 Å². The molecule has 1 unspecified atom stereocenters. The predicted octanol–water partition coefficient (Wildman–Crippen LogP) is 2.03. The van der Waals surface area contributed by atoms with E-state index in [2.05, 4.69) is 25.1 Å². The second kappa shape index (κ2) is 6.24. The molecule has 0 heterocycles. The molecule has 1 atom stereocenters. The van der Waals surface area contributed by atoms with Crippen molar-refractivity contribution in [3.05, 3.63) is 0 Å². The Labute approximate surface area is 70.6 Å². The molecule has 1 heteroatoms. The van der Waals surface area contributed by atoms with E-state index < -0.39 is 0 Å². The summed E-state index contributed by atoms with van der Waals surface area (Å²) in [6, 6.07) is 0.628. The summed E-state index contributed by atoms with van der Waals surface area (Å²) < 4.78 is 0. The molecule has 0 aliphatic carbocycles. The third-order valence-electron chi connectivity index (χ3n) is 2.01. The number of unbranched alkanes of at least 4 members (excludes halogenated alkanes) is 1. The first-order valence-electron chi connectivity index (χ1n) is 4.33. The zero-order chi connectivity index (χ0) is 8.69. The van der Waals surface area contributed by atoms with Crippen molar-refractivity contribution in [2.24, 2.45) is 5.92 Å². The molecule has 0 fully saturated rings. The summed E-state index contributed by atoms with van der Waals surface area (Å²) >= 11 is 0. The van der Waals surface area contributed by atoms with E-state index in [9.17, 15) is 0 Å². The largest absolute Gasteiger partial charge is 0.317 e. The third kappa shape index (κ3) is 4.86. The highest BCUT2D eigenvalue weighted by Crippen LogP contribution is 2.08. The van der Waals surface area contributed by atoms with Gasteiger partial charge in [-0.2, -0.15) is 0 Å². The number of nitrogens with one attached hydrogen (secondary N) is 1. The van der Waals surface area contributed by atoms with E-state index in [0.29, 0.717) is 12.0 Å². The molecule has 0 spiro atoms. The van der Waals surface area contributed by atoms with Crippen LogP contribution in [0.25, 0.3) is 0 Å². The molecule has 1 N–H and O–H groups in total. The van der Waals surface area contributed by atoms with Gasteiger partial charge in [0.25, 0.3) is 0 Å². The molecule has 0 aromatic carbocycles. The van der Waals surface area contributed by atoms with Crippen molar-refractivity contribution in [1.82, 2.24) is 5.32 Å². The molecule has 0 aliphatic heterocycles. The van der Waals surface area contributed by atoms with E-state index in [-0.39, 0.29) is 0 Å². The average molecular weight is 153 g/mol. The number of rotatable bonds is 5. The second-order valence-corrected chi connectivity index (χ2v) is 3.24. The fourth-order valence-corrected chi connectivity index (χ4v) is 1.24. The standard InChI is InChI=1S/C10H19N/c1-5-6-7-8-10(11-4)9(2)3/h1,9-11H,6-8H2,2-4H3. The van der Waals surface area contributed by atoms with E-state index in [1.54, 1.807) is 0 Å². The molecule has 0 radical (unpaired) electrons. The van der Waals surface area contributed by atoms with Gasteiger partial charge in [-0.05, 0) is 25.8 Å². The smallest absolute Gasteiger partial charge is 0.00873 e. The van der Waals surface area contributed by atoms with Gasteiger partial charge in [0.05, 0.1) is 0 Å². The Balaban J connectivity index is 3.46. The zero-order valence-corrected chi connectivity index (χ0v) is 7.85. The average Bonchev–Trinajstić information content (AvgIpc) is 1.97. The molecule has 11 heavy (non-hydrogen) atoms. The molecule has 0 amide bonds. The Hall–Kier alpha value is -0.480. The van der Waals surface area contributed by atoms with Gasteiger partial charge in [-0.25, -0.2) is 0 Å². The molecule has 0 aliphatic rings. The first-order chi connectivity index (χ1) is 5.22. The maximum absolute atomic E-state index is 5.16. The van der Waals surface area contributed by atoms with Crippen LogP contribution in [0.4, 0.5) is 0 Å². The molecule has 0 saturated carbocycles. The van der Waals surface area contributed by atoms with Gasteiger partial charge < -0.3 is 5.32 Å². The van der Waals surface area contributed by atoms with Crippen molar-refractivity contribution >= 4 is 0 Å². The van der Waals surface area contributed by atoms with Crippen LogP contribution in [0.1, 0.15) is 33.1 Å². The van der Waals surface area contributed by atoms with E-state index in [1.165, 1.54) is 6.42 Å². The fraction of sp³-hybridized carbons (Fsp3) is 0.800. The Bertz CT molecular complexity index is 121. The number of terminal acetylenes is 1. The van der Waals surface area contributed by atoms with E-state index in [4.69, 9.17) is 6.42 Å². The van der Waals surface area contributed by atoms with Crippen LogP contribution in [-0.2, 0) is 0 Å². The lowest BCUT2D eigenvalue weighted by molar-refractivity contribution is 0.395. The molecular formula is C10H19N. The van der Waals surface area contributed by atoms with Crippen LogP contribution >= 0.6 is 0 Å². The van der Waals surface area contributed by atoms with Crippen LogP contribution in [0, 0.1) is 18.3 Å². The maximum atomic E-state index is 5.16. The van der Waals surface area contributed by atoms with Gasteiger partial charge in [0.2, 0.25) is 0 Å². The first kappa shape index (κ1) is 10.5. The van der Waals surface area contributed by atoms with Crippen LogP contribution in [0.15, 0.2) is 0 Å². The summed E-state index contributed by atoms with van der Waals surface area (Å²) in [6.45, 7) is 4.47. The van der Waals surface area contributed by atoms with Gasteiger partial charge in [-0.3, -0.25) is 0 Å². The van der Waals surface area contributed by atoms with Crippen LogP contribution < -0.4 is 5.32 Å². The summed E-state index contributed by atoms with van der Waals surface area (Å²) in [5, 5.41) is 3.29. The highest BCUT2D eigenvalue weighted by Gasteiger charge is 2.08. The summed E-state index contributed by atoms with van der Waals surface area (Å²) in [4.78, 5) is 0. The molecular weight excluding hydrogens is 134 g/mol. The summed E-state index contributed by atoms with van der Waals surface area (Å²) in [6.07, 6.45) is 8.40. The third-order valence-corrected chi connectivity index (χ3v) is 2.01. The maximum Gasteiger partial charge on any atom is 0.00873 e. The van der Waals surface area contributed by atoms with Crippen LogP contribution in [-0.4, -0.2) is 13.1 Å². The number of hydrogen-bond acceptors (Lipinski definition) is 1. The monoisotopic (exact) mass is 153 g/mol. The van der Waals surface area contributed by atoms with Crippen molar-refractivity contribution < 1.29 is 0 Å². The SMILES string of the molecule is C#CCCCC(NC)C(C)C. The lowest BCUT2D eigenvalue weighted by Crippen LogP contribution is -2.30. The Kier molecular flexibility index (Phi) is 5.97. The fourth-order valence-electron chi connectivity index (χ4n) is 1.24. The van der Waals surface area contributed by atoms with Gasteiger partial charge in [0.1, 0.15) is 0 Å². The predicted molar refractivity (Wildman–Crippen MR) is 50.4 cm³/mol. The van der Waals surface area contributed by atoms with Gasteiger partial charge in [-0.15, -0.1) is 12.3 Å². The summed E-state index contributed by atoms with van der Waals surface area (Å²) in [5.41, 5.74) is 0. The molecule has 64 valence electrons. The topological polar surface area (TPSA) is 12.0 Å². The minimum Gasteiger partial charge on any atom is -0.317 e. The molecule has 0 rings (SSSR count). The van der Waals surface area contributed by atoms with E-state index >= 15 is 0 Å². The van der Waals surface area contributed by atoms with Gasteiger partial charge in [-0.1, -0.05) is 13.8 Å². The Morgan fingerprint density at radius 2 is 2.09 bits per heavy atom. The van der Waals surface area contributed by atoms with E-state index in [0.717, 1.165) is 12.8 Å². The van der Waals surface area contributed by atoms with Gasteiger partial charge in [0.15, 0.2) is 0 Å². The van der Waals surface area contributed by atoms with E-state index in [1.807, 2.05) is 7.05 Å². The van der Waals surface area contributed by atoms with Crippen LogP contribution in [0.5, 0.6) is 0 Å². The minimum atomic E-state index is 0.628. The zero-order valence-electron chi connectivity index (χ0n) is 7.85. The van der Waals surface area contributed by atoms with Gasteiger partial charge >= 0.3 is 0 Å². The van der Waals surface area contributed by atoms with Crippen molar-refractivity contribution in [3.63, 3.8) is 0 Å². The Morgan fingerprint density at radius 3 is 2.45 bits per heavy atom. The molecule has 0 bridgehead atoms. The Morgan fingerprint density at radius 1 is 1.45 bits per heavy atom.